The first-order valence-corrected chi connectivity index (χ1v) is 6.24. The normalized spacial score (nSPS) is 18.8. The Morgan fingerprint density at radius 1 is 1.35 bits per heavy atom. The number of nitrogens with one attached hydrogen (secondary N) is 1. The van der Waals surface area contributed by atoms with Gasteiger partial charge in [0.2, 0.25) is 0 Å². The van der Waals surface area contributed by atoms with Crippen LogP contribution in [0.1, 0.15) is 30.0 Å². The van der Waals surface area contributed by atoms with Crippen molar-refractivity contribution in [3.05, 3.63) is 29.3 Å². The summed E-state index contributed by atoms with van der Waals surface area (Å²) < 4.78 is 10.4. The maximum atomic E-state index is 5.27. The highest BCUT2D eigenvalue weighted by molar-refractivity contribution is 5.39. The third-order valence-corrected chi connectivity index (χ3v) is 3.35. The SMILES string of the molecule is COCCCC1NCCc2cc(OC)ccc21. The summed E-state index contributed by atoms with van der Waals surface area (Å²) in [7, 11) is 3.48. The molecular formula is C14H21NO2. The van der Waals surface area contributed by atoms with Gasteiger partial charge in [0.25, 0.3) is 0 Å². The Balaban J connectivity index is 2.08. The number of rotatable bonds is 5. The Hall–Kier alpha value is -1.06. The van der Waals surface area contributed by atoms with Crippen LogP contribution >= 0.6 is 0 Å². The molecule has 0 bridgehead atoms. The van der Waals surface area contributed by atoms with Crippen LogP contribution in [0.2, 0.25) is 0 Å². The molecule has 3 nitrogen and oxygen atoms in total. The van der Waals surface area contributed by atoms with E-state index >= 15 is 0 Å². The lowest BCUT2D eigenvalue weighted by molar-refractivity contribution is 0.188. The minimum absolute atomic E-state index is 0.472. The molecule has 0 saturated heterocycles. The molecule has 1 N–H and O–H groups in total. The predicted octanol–water partition coefficient (Wildman–Crippen LogP) is 2.31. The predicted molar refractivity (Wildman–Crippen MR) is 68.6 cm³/mol. The van der Waals surface area contributed by atoms with E-state index in [1.54, 1.807) is 14.2 Å². The van der Waals surface area contributed by atoms with Gasteiger partial charge in [0.15, 0.2) is 0 Å². The summed E-state index contributed by atoms with van der Waals surface area (Å²) in [5, 5.41) is 3.58. The van der Waals surface area contributed by atoms with Crippen molar-refractivity contribution in [3.63, 3.8) is 0 Å². The summed E-state index contributed by atoms with van der Waals surface area (Å²) in [5.41, 5.74) is 2.85. The van der Waals surface area contributed by atoms with Crippen molar-refractivity contribution in [1.82, 2.24) is 5.32 Å². The molecule has 2 rings (SSSR count). The molecule has 0 saturated carbocycles. The zero-order valence-corrected chi connectivity index (χ0v) is 10.7. The summed E-state index contributed by atoms with van der Waals surface area (Å²) >= 11 is 0. The van der Waals surface area contributed by atoms with E-state index in [1.807, 2.05) is 0 Å². The van der Waals surface area contributed by atoms with Gasteiger partial charge < -0.3 is 14.8 Å². The highest BCUT2D eigenvalue weighted by Gasteiger charge is 2.19. The van der Waals surface area contributed by atoms with E-state index in [9.17, 15) is 0 Å². The Morgan fingerprint density at radius 3 is 3.00 bits per heavy atom. The first-order valence-electron chi connectivity index (χ1n) is 6.24. The van der Waals surface area contributed by atoms with Gasteiger partial charge in [-0.25, -0.2) is 0 Å². The maximum Gasteiger partial charge on any atom is 0.119 e. The van der Waals surface area contributed by atoms with Crippen LogP contribution in [0.25, 0.3) is 0 Å². The number of benzene rings is 1. The van der Waals surface area contributed by atoms with Crippen LogP contribution in [0.4, 0.5) is 0 Å². The van der Waals surface area contributed by atoms with E-state index in [0.717, 1.165) is 38.2 Å². The molecule has 0 spiro atoms. The summed E-state index contributed by atoms with van der Waals surface area (Å²) in [4.78, 5) is 0. The lowest BCUT2D eigenvalue weighted by Crippen LogP contribution is -2.30. The molecule has 0 amide bonds. The lowest BCUT2D eigenvalue weighted by atomic mass is 9.91. The van der Waals surface area contributed by atoms with Gasteiger partial charge in [-0.05, 0) is 49.1 Å². The van der Waals surface area contributed by atoms with Crippen LogP contribution < -0.4 is 10.1 Å². The molecule has 17 heavy (non-hydrogen) atoms. The molecule has 1 aliphatic heterocycles. The summed E-state index contributed by atoms with van der Waals surface area (Å²) in [6.07, 6.45) is 3.32. The Labute approximate surface area is 103 Å². The standard InChI is InChI=1S/C14H21NO2/c1-16-9-3-4-14-13-6-5-12(17-2)10-11(13)7-8-15-14/h5-6,10,14-15H,3-4,7-9H2,1-2H3. The third kappa shape index (κ3) is 2.99. The number of fused-ring (bicyclic) bond motifs is 1. The molecule has 1 unspecified atom stereocenters. The second-order valence-electron chi connectivity index (χ2n) is 4.46. The Morgan fingerprint density at radius 2 is 2.24 bits per heavy atom. The van der Waals surface area contributed by atoms with Crippen molar-refractivity contribution in [3.8, 4) is 5.75 Å². The van der Waals surface area contributed by atoms with E-state index in [4.69, 9.17) is 9.47 Å². The topological polar surface area (TPSA) is 30.5 Å². The first-order chi connectivity index (χ1) is 8.35. The van der Waals surface area contributed by atoms with Gasteiger partial charge in [-0.2, -0.15) is 0 Å². The van der Waals surface area contributed by atoms with Crippen LogP contribution in [0, 0.1) is 0 Å². The molecule has 1 aliphatic rings. The van der Waals surface area contributed by atoms with Crippen LogP contribution in [-0.4, -0.2) is 27.4 Å². The van der Waals surface area contributed by atoms with Crippen LogP contribution in [-0.2, 0) is 11.2 Å². The first kappa shape index (κ1) is 12.4. The molecule has 3 heteroatoms. The molecule has 1 aromatic carbocycles. The number of hydrogen-bond donors (Lipinski definition) is 1. The minimum atomic E-state index is 0.472. The monoisotopic (exact) mass is 235 g/mol. The number of hydrogen-bond acceptors (Lipinski definition) is 3. The van der Waals surface area contributed by atoms with Gasteiger partial charge >= 0.3 is 0 Å². The van der Waals surface area contributed by atoms with E-state index in [-0.39, 0.29) is 0 Å². The van der Waals surface area contributed by atoms with Crippen molar-refractivity contribution < 1.29 is 9.47 Å². The van der Waals surface area contributed by atoms with Gasteiger partial charge in [0, 0.05) is 19.8 Å². The summed E-state index contributed by atoms with van der Waals surface area (Å²) in [6, 6.07) is 6.88. The quantitative estimate of drug-likeness (QED) is 0.794. The summed E-state index contributed by atoms with van der Waals surface area (Å²) in [6.45, 7) is 1.89. The second-order valence-corrected chi connectivity index (χ2v) is 4.46. The van der Waals surface area contributed by atoms with Gasteiger partial charge in [-0.1, -0.05) is 6.07 Å². The Kier molecular flexibility index (Phi) is 4.40. The van der Waals surface area contributed by atoms with Crippen molar-refractivity contribution in [1.29, 1.82) is 0 Å². The van der Waals surface area contributed by atoms with Crippen LogP contribution in [0.15, 0.2) is 18.2 Å². The molecule has 1 aromatic rings. The lowest BCUT2D eigenvalue weighted by Gasteiger charge is -2.27. The van der Waals surface area contributed by atoms with Gasteiger partial charge in [0.05, 0.1) is 7.11 Å². The molecule has 1 heterocycles. The fraction of sp³-hybridized carbons (Fsp3) is 0.571. The third-order valence-electron chi connectivity index (χ3n) is 3.35. The molecule has 1 atom stereocenters. The van der Waals surface area contributed by atoms with Crippen LogP contribution in [0.3, 0.4) is 0 Å². The smallest absolute Gasteiger partial charge is 0.119 e. The highest BCUT2D eigenvalue weighted by atomic mass is 16.5. The summed E-state index contributed by atoms with van der Waals surface area (Å²) in [5.74, 6) is 0.960. The zero-order valence-electron chi connectivity index (χ0n) is 10.7. The fourth-order valence-corrected chi connectivity index (χ4v) is 2.45. The highest BCUT2D eigenvalue weighted by Crippen LogP contribution is 2.29. The second kappa shape index (κ2) is 6.03. The number of ether oxygens (including phenoxy) is 2. The molecule has 94 valence electrons. The van der Waals surface area contributed by atoms with E-state index in [2.05, 4.69) is 23.5 Å². The minimum Gasteiger partial charge on any atom is -0.497 e. The maximum absolute atomic E-state index is 5.27. The molecule has 0 radical (unpaired) electrons. The van der Waals surface area contributed by atoms with Crippen molar-refractivity contribution >= 4 is 0 Å². The average Bonchev–Trinajstić information content (AvgIpc) is 2.38. The van der Waals surface area contributed by atoms with Crippen molar-refractivity contribution in [2.24, 2.45) is 0 Å². The molecule has 0 fully saturated rings. The number of methoxy groups -OCH3 is 2. The van der Waals surface area contributed by atoms with Crippen LogP contribution in [0.5, 0.6) is 5.75 Å². The zero-order chi connectivity index (χ0) is 12.1. The fourth-order valence-electron chi connectivity index (χ4n) is 2.45. The van der Waals surface area contributed by atoms with E-state index in [0.29, 0.717) is 6.04 Å². The Bertz CT molecular complexity index is 365. The average molecular weight is 235 g/mol. The van der Waals surface area contributed by atoms with E-state index < -0.39 is 0 Å². The van der Waals surface area contributed by atoms with E-state index in [1.165, 1.54) is 11.1 Å². The van der Waals surface area contributed by atoms with Gasteiger partial charge in [-0.3, -0.25) is 0 Å². The van der Waals surface area contributed by atoms with Gasteiger partial charge in [0.1, 0.15) is 5.75 Å². The molecule has 0 aliphatic carbocycles. The molecular weight excluding hydrogens is 214 g/mol. The van der Waals surface area contributed by atoms with Gasteiger partial charge in [-0.15, -0.1) is 0 Å². The largest absolute Gasteiger partial charge is 0.497 e. The molecule has 0 aromatic heterocycles. The van der Waals surface area contributed by atoms with Crippen molar-refractivity contribution in [2.45, 2.75) is 25.3 Å². The van der Waals surface area contributed by atoms with Crippen molar-refractivity contribution in [2.75, 3.05) is 27.4 Å².